The van der Waals surface area contributed by atoms with Crippen LogP contribution in [-0.2, 0) is 0 Å². The SMILES string of the molecule is CC(=O)c1ccc(-c2nccc3[nH]c(-c4n[nH]c5cc(F)c(-c6cncc(NC(C)C)c6)cc45)nc23)s1. The lowest BCUT2D eigenvalue weighted by molar-refractivity contribution is 0.102. The number of fused-ring (bicyclic) bond motifs is 2. The number of ketones is 1. The summed E-state index contributed by atoms with van der Waals surface area (Å²) in [5.41, 5.74) is 5.17. The molecule has 0 aliphatic rings. The summed E-state index contributed by atoms with van der Waals surface area (Å²) in [6.45, 7) is 5.61. The lowest BCUT2D eigenvalue weighted by Crippen LogP contribution is -2.09. The van der Waals surface area contributed by atoms with E-state index in [0.717, 1.165) is 21.5 Å². The van der Waals surface area contributed by atoms with Gasteiger partial charge in [-0.3, -0.25) is 19.9 Å². The third-order valence-electron chi connectivity index (χ3n) is 5.97. The van der Waals surface area contributed by atoms with Crippen molar-refractivity contribution in [3.05, 3.63) is 65.7 Å². The number of rotatable bonds is 6. The highest BCUT2D eigenvalue weighted by Gasteiger charge is 2.19. The molecular weight excluding hydrogens is 489 g/mol. The van der Waals surface area contributed by atoms with Crippen molar-refractivity contribution in [1.82, 2.24) is 30.1 Å². The van der Waals surface area contributed by atoms with Crippen molar-refractivity contribution in [3.8, 4) is 33.2 Å². The van der Waals surface area contributed by atoms with Crippen LogP contribution < -0.4 is 5.32 Å². The van der Waals surface area contributed by atoms with Gasteiger partial charge in [-0.1, -0.05) is 0 Å². The van der Waals surface area contributed by atoms with Crippen LogP contribution >= 0.6 is 11.3 Å². The maximum Gasteiger partial charge on any atom is 0.169 e. The first-order valence-electron chi connectivity index (χ1n) is 11.7. The van der Waals surface area contributed by atoms with Crippen LogP contribution in [0, 0.1) is 5.82 Å². The van der Waals surface area contributed by atoms with E-state index in [-0.39, 0.29) is 17.6 Å². The molecule has 0 bridgehead atoms. The molecule has 1 aromatic carbocycles. The van der Waals surface area contributed by atoms with Gasteiger partial charge in [-0.2, -0.15) is 5.10 Å². The summed E-state index contributed by atoms with van der Waals surface area (Å²) in [5.74, 6) is 0.170. The van der Waals surface area contributed by atoms with Crippen molar-refractivity contribution >= 4 is 44.7 Å². The molecule has 0 atom stereocenters. The van der Waals surface area contributed by atoms with E-state index >= 15 is 4.39 Å². The fourth-order valence-corrected chi connectivity index (χ4v) is 5.22. The average molecular weight is 512 g/mol. The molecule has 3 N–H and O–H groups in total. The molecule has 37 heavy (non-hydrogen) atoms. The van der Waals surface area contributed by atoms with Gasteiger partial charge in [-0.25, -0.2) is 9.37 Å². The molecule has 184 valence electrons. The molecule has 0 aliphatic heterocycles. The number of nitrogens with one attached hydrogen (secondary N) is 3. The van der Waals surface area contributed by atoms with Crippen molar-refractivity contribution in [2.45, 2.75) is 26.8 Å². The molecule has 0 aliphatic carbocycles. The van der Waals surface area contributed by atoms with Gasteiger partial charge in [0.15, 0.2) is 11.6 Å². The molecule has 5 aromatic heterocycles. The number of carbonyl (C=O) groups excluding carboxylic acids is 1. The number of aromatic nitrogens is 6. The summed E-state index contributed by atoms with van der Waals surface area (Å²) in [5, 5.41) is 11.4. The number of aromatic amines is 2. The predicted molar refractivity (Wildman–Crippen MR) is 144 cm³/mol. The lowest BCUT2D eigenvalue weighted by Gasteiger charge is -2.11. The molecule has 5 heterocycles. The Morgan fingerprint density at radius 1 is 1.08 bits per heavy atom. The molecular formula is C27H22FN7OS. The van der Waals surface area contributed by atoms with Crippen LogP contribution in [0.2, 0.25) is 0 Å². The Morgan fingerprint density at radius 2 is 1.95 bits per heavy atom. The molecule has 0 unspecified atom stereocenters. The average Bonchev–Trinajstić information content (AvgIpc) is 3.60. The van der Waals surface area contributed by atoms with Gasteiger partial charge in [0.25, 0.3) is 0 Å². The largest absolute Gasteiger partial charge is 0.382 e. The second-order valence-electron chi connectivity index (χ2n) is 9.07. The van der Waals surface area contributed by atoms with E-state index in [0.29, 0.717) is 44.2 Å². The molecule has 10 heteroatoms. The van der Waals surface area contributed by atoms with Crippen LogP contribution in [0.5, 0.6) is 0 Å². The number of hydrogen-bond acceptors (Lipinski definition) is 7. The molecule has 6 rings (SSSR count). The van der Waals surface area contributed by atoms with Crippen molar-refractivity contribution in [1.29, 1.82) is 0 Å². The van der Waals surface area contributed by atoms with Gasteiger partial charge in [-0.05, 0) is 51.1 Å². The fraction of sp³-hybridized carbons (Fsp3) is 0.148. The molecule has 8 nitrogen and oxygen atoms in total. The number of H-pyrrole nitrogens is 2. The van der Waals surface area contributed by atoms with Crippen LogP contribution in [0.15, 0.2) is 55.0 Å². The van der Waals surface area contributed by atoms with Gasteiger partial charge in [0.2, 0.25) is 0 Å². The second-order valence-corrected chi connectivity index (χ2v) is 10.2. The van der Waals surface area contributed by atoms with Crippen molar-refractivity contribution in [2.24, 2.45) is 0 Å². The van der Waals surface area contributed by atoms with E-state index in [4.69, 9.17) is 4.98 Å². The van der Waals surface area contributed by atoms with Crippen molar-refractivity contribution in [2.75, 3.05) is 5.32 Å². The lowest BCUT2D eigenvalue weighted by atomic mass is 10.0. The van der Waals surface area contributed by atoms with Crippen LogP contribution in [0.4, 0.5) is 10.1 Å². The highest BCUT2D eigenvalue weighted by molar-refractivity contribution is 7.17. The molecule has 0 saturated carbocycles. The molecule has 0 fully saturated rings. The number of nitrogens with zero attached hydrogens (tertiary/aromatic N) is 4. The minimum Gasteiger partial charge on any atom is -0.382 e. The van der Waals surface area contributed by atoms with Gasteiger partial charge in [-0.15, -0.1) is 11.3 Å². The minimum absolute atomic E-state index is 0.0119. The Morgan fingerprint density at radius 3 is 2.73 bits per heavy atom. The zero-order chi connectivity index (χ0) is 25.7. The summed E-state index contributed by atoms with van der Waals surface area (Å²) in [6.07, 6.45) is 5.06. The number of carbonyl (C=O) groups is 1. The summed E-state index contributed by atoms with van der Waals surface area (Å²) < 4.78 is 15.1. The number of benzene rings is 1. The number of hydrogen-bond donors (Lipinski definition) is 3. The second kappa shape index (κ2) is 8.90. The highest BCUT2D eigenvalue weighted by atomic mass is 32.1. The number of anilines is 1. The smallest absolute Gasteiger partial charge is 0.169 e. The number of halogens is 1. The van der Waals surface area contributed by atoms with E-state index in [1.165, 1.54) is 17.4 Å². The van der Waals surface area contributed by atoms with Gasteiger partial charge >= 0.3 is 0 Å². The topological polar surface area (TPSA) is 112 Å². The molecule has 0 amide bonds. The van der Waals surface area contributed by atoms with Gasteiger partial charge in [0.05, 0.1) is 26.5 Å². The van der Waals surface area contributed by atoms with Crippen molar-refractivity contribution < 1.29 is 9.18 Å². The Labute approximate surface area is 215 Å². The number of thiophene rings is 1. The first kappa shape index (κ1) is 23.0. The minimum atomic E-state index is -0.374. The summed E-state index contributed by atoms with van der Waals surface area (Å²) in [7, 11) is 0. The summed E-state index contributed by atoms with van der Waals surface area (Å²) in [6, 6.07) is 10.8. The van der Waals surface area contributed by atoms with Crippen LogP contribution in [0.25, 0.3) is 55.2 Å². The number of pyridine rings is 2. The number of imidazole rings is 1. The van der Waals surface area contributed by atoms with Crippen LogP contribution in [0.3, 0.4) is 0 Å². The molecule has 0 saturated heterocycles. The normalized spacial score (nSPS) is 11.6. The van der Waals surface area contributed by atoms with Crippen LogP contribution in [-0.4, -0.2) is 42.0 Å². The van der Waals surface area contributed by atoms with E-state index in [9.17, 15) is 4.79 Å². The Bertz CT molecular complexity index is 1800. The van der Waals surface area contributed by atoms with E-state index in [1.807, 2.05) is 32.0 Å². The van der Waals surface area contributed by atoms with Gasteiger partial charge < -0.3 is 10.3 Å². The van der Waals surface area contributed by atoms with E-state index in [1.54, 1.807) is 37.6 Å². The first-order chi connectivity index (χ1) is 17.9. The summed E-state index contributed by atoms with van der Waals surface area (Å²) >= 11 is 1.38. The standard InChI is InChI=1S/C27H22FN7OS/c1-13(2)31-16-8-15(11-29-12-16)17-9-18-21(10-19(17)28)34-35-24(18)27-32-20-6-7-30-26(25(20)33-27)23-5-4-22(37-23)14(3)36/h4-13,31H,1-3H3,(H,32,33)(H,34,35). The Kier molecular flexibility index (Phi) is 5.53. The maximum absolute atomic E-state index is 15.1. The fourth-order valence-electron chi connectivity index (χ4n) is 4.32. The van der Waals surface area contributed by atoms with Crippen molar-refractivity contribution in [3.63, 3.8) is 0 Å². The quantitative estimate of drug-likeness (QED) is 0.221. The highest BCUT2D eigenvalue weighted by Crippen LogP contribution is 2.35. The third kappa shape index (κ3) is 4.15. The maximum atomic E-state index is 15.1. The van der Waals surface area contributed by atoms with Gasteiger partial charge in [0, 0.05) is 47.2 Å². The third-order valence-corrected chi connectivity index (χ3v) is 7.16. The Hall–Kier alpha value is -4.44. The monoisotopic (exact) mass is 511 g/mol. The zero-order valence-corrected chi connectivity index (χ0v) is 21.1. The van der Waals surface area contributed by atoms with E-state index in [2.05, 4.69) is 30.5 Å². The first-order valence-corrected chi connectivity index (χ1v) is 12.5. The van der Waals surface area contributed by atoms with E-state index < -0.39 is 0 Å². The molecule has 6 aromatic rings. The van der Waals surface area contributed by atoms with Crippen LogP contribution in [0.1, 0.15) is 30.4 Å². The Balaban J connectivity index is 1.46. The van der Waals surface area contributed by atoms with Gasteiger partial charge in [0.1, 0.15) is 22.7 Å². The molecule has 0 radical (unpaired) electrons. The molecule has 0 spiro atoms. The summed E-state index contributed by atoms with van der Waals surface area (Å²) in [4.78, 5) is 30.2. The number of Topliss-reactive ketones (excluding diaryl/α,β-unsaturated/α-hetero) is 1. The predicted octanol–water partition coefficient (Wildman–Crippen LogP) is 6.45. The zero-order valence-electron chi connectivity index (χ0n) is 20.3.